The highest BCUT2D eigenvalue weighted by Gasteiger charge is 2.20. The minimum atomic E-state index is -1.01. The molecule has 19 heavy (non-hydrogen) atoms. The van der Waals surface area contributed by atoms with Crippen LogP contribution in [0.1, 0.15) is 18.4 Å². The van der Waals surface area contributed by atoms with Crippen molar-refractivity contribution in [1.82, 2.24) is 10.2 Å². The van der Waals surface area contributed by atoms with Crippen LogP contribution < -0.4 is 5.32 Å². The Labute approximate surface area is 110 Å². The molecule has 1 aromatic carbocycles. The lowest BCUT2D eigenvalue weighted by Crippen LogP contribution is -2.43. The molecule has 1 heterocycles. The number of rotatable bonds is 3. The van der Waals surface area contributed by atoms with Crippen molar-refractivity contribution >= 4 is 6.09 Å². The van der Waals surface area contributed by atoms with Gasteiger partial charge in [-0.15, -0.1) is 0 Å². The number of halogens is 2. The molecule has 1 aliphatic heterocycles. The lowest BCUT2D eigenvalue weighted by Gasteiger charge is -2.31. The minimum Gasteiger partial charge on any atom is -0.465 e. The van der Waals surface area contributed by atoms with E-state index in [-0.39, 0.29) is 6.04 Å². The van der Waals surface area contributed by atoms with Gasteiger partial charge in [0.15, 0.2) is 0 Å². The molecule has 0 spiro atoms. The fourth-order valence-electron chi connectivity index (χ4n) is 2.37. The Balaban J connectivity index is 1.86. The summed E-state index contributed by atoms with van der Waals surface area (Å²) >= 11 is 0. The highest BCUT2D eigenvalue weighted by molar-refractivity contribution is 5.64. The van der Waals surface area contributed by atoms with Gasteiger partial charge in [-0.25, -0.2) is 13.6 Å². The third-order valence-corrected chi connectivity index (χ3v) is 3.24. The molecule has 1 amide bonds. The van der Waals surface area contributed by atoms with Gasteiger partial charge in [0, 0.05) is 31.7 Å². The van der Waals surface area contributed by atoms with Gasteiger partial charge < -0.3 is 10.4 Å². The molecule has 0 unspecified atom stereocenters. The zero-order chi connectivity index (χ0) is 13.8. The van der Waals surface area contributed by atoms with Gasteiger partial charge in [-0.2, -0.15) is 0 Å². The molecule has 1 aromatic rings. The van der Waals surface area contributed by atoms with E-state index in [0.717, 1.165) is 6.07 Å². The first-order valence-corrected chi connectivity index (χ1v) is 6.20. The van der Waals surface area contributed by atoms with Crippen LogP contribution in [0.4, 0.5) is 13.6 Å². The van der Waals surface area contributed by atoms with Crippen molar-refractivity contribution in [2.24, 2.45) is 0 Å². The molecule has 0 radical (unpaired) electrons. The third-order valence-electron chi connectivity index (χ3n) is 3.24. The average Bonchev–Trinajstić information content (AvgIpc) is 2.29. The summed E-state index contributed by atoms with van der Waals surface area (Å²) in [4.78, 5) is 12.6. The van der Waals surface area contributed by atoms with Gasteiger partial charge in [0.05, 0.1) is 0 Å². The summed E-state index contributed by atoms with van der Waals surface area (Å²) in [5.74, 6) is -1.14. The molecule has 1 fully saturated rings. The van der Waals surface area contributed by atoms with E-state index in [4.69, 9.17) is 5.11 Å². The molecule has 1 aliphatic rings. The molecular formula is C13H16F2N2O2. The normalized spacial score (nSPS) is 17.4. The quantitative estimate of drug-likeness (QED) is 0.885. The van der Waals surface area contributed by atoms with Gasteiger partial charge in [0.1, 0.15) is 11.6 Å². The van der Waals surface area contributed by atoms with Crippen molar-refractivity contribution in [2.45, 2.75) is 25.4 Å². The summed E-state index contributed by atoms with van der Waals surface area (Å²) < 4.78 is 26.1. The minimum absolute atomic E-state index is 0.0296. The Kier molecular flexibility index (Phi) is 4.31. The third kappa shape index (κ3) is 4.17. The van der Waals surface area contributed by atoms with E-state index in [1.807, 2.05) is 0 Å². The molecule has 0 aromatic heterocycles. The Morgan fingerprint density at radius 2 is 1.84 bits per heavy atom. The van der Waals surface area contributed by atoms with Gasteiger partial charge in [-0.1, -0.05) is 0 Å². The first kappa shape index (κ1) is 13.7. The number of nitrogens with one attached hydrogen (secondary N) is 1. The highest BCUT2D eigenvalue weighted by atomic mass is 19.1. The molecule has 0 saturated carbocycles. The second kappa shape index (κ2) is 5.97. The Morgan fingerprint density at radius 1 is 1.26 bits per heavy atom. The first-order valence-electron chi connectivity index (χ1n) is 6.20. The van der Waals surface area contributed by atoms with Gasteiger partial charge in [0.25, 0.3) is 0 Å². The van der Waals surface area contributed by atoms with Crippen LogP contribution >= 0.6 is 0 Å². The maximum Gasteiger partial charge on any atom is 0.404 e. The van der Waals surface area contributed by atoms with Crippen LogP contribution in [0.15, 0.2) is 18.2 Å². The number of likely N-dealkylation sites (tertiary alicyclic amines) is 1. The fraction of sp³-hybridized carbons (Fsp3) is 0.462. The number of hydrogen-bond donors (Lipinski definition) is 2. The molecule has 1 saturated heterocycles. The van der Waals surface area contributed by atoms with Crippen LogP contribution in [0.2, 0.25) is 0 Å². The monoisotopic (exact) mass is 270 g/mol. The van der Waals surface area contributed by atoms with Crippen molar-refractivity contribution in [2.75, 3.05) is 13.1 Å². The predicted molar refractivity (Wildman–Crippen MR) is 65.8 cm³/mol. The SMILES string of the molecule is O=C(O)NC1CCN(Cc2cc(F)cc(F)c2)CC1. The second-order valence-electron chi connectivity index (χ2n) is 4.78. The topological polar surface area (TPSA) is 52.6 Å². The standard InChI is InChI=1S/C13H16F2N2O2/c14-10-5-9(6-11(15)7-10)8-17-3-1-12(2-4-17)16-13(18)19/h5-7,12,16H,1-4,8H2,(H,18,19). The summed E-state index contributed by atoms with van der Waals surface area (Å²) in [5.41, 5.74) is 0.599. The van der Waals surface area contributed by atoms with E-state index >= 15 is 0 Å². The van der Waals surface area contributed by atoms with E-state index in [2.05, 4.69) is 10.2 Å². The lowest BCUT2D eigenvalue weighted by atomic mass is 10.0. The van der Waals surface area contributed by atoms with Gasteiger partial charge in [-0.05, 0) is 30.5 Å². The Morgan fingerprint density at radius 3 is 2.37 bits per heavy atom. The van der Waals surface area contributed by atoms with Gasteiger partial charge >= 0.3 is 6.09 Å². The molecule has 2 rings (SSSR count). The molecule has 0 atom stereocenters. The summed E-state index contributed by atoms with van der Waals surface area (Å²) in [6.07, 6.45) is 0.416. The van der Waals surface area contributed by atoms with E-state index in [9.17, 15) is 13.6 Å². The number of benzene rings is 1. The van der Waals surface area contributed by atoms with E-state index < -0.39 is 17.7 Å². The van der Waals surface area contributed by atoms with E-state index in [1.54, 1.807) is 0 Å². The summed E-state index contributed by atoms with van der Waals surface area (Å²) in [5, 5.41) is 11.1. The lowest BCUT2D eigenvalue weighted by molar-refractivity contribution is 0.165. The van der Waals surface area contributed by atoms with Crippen molar-refractivity contribution in [3.05, 3.63) is 35.4 Å². The highest BCUT2D eigenvalue weighted by Crippen LogP contribution is 2.15. The van der Waals surface area contributed by atoms with Crippen LogP contribution in [0.25, 0.3) is 0 Å². The predicted octanol–water partition coefficient (Wildman–Crippen LogP) is 2.20. The fourth-order valence-corrected chi connectivity index (χ4v) is 2.37. The van der Waals surface area contributed by atoms with Crippen molar-refractivity contribution in [3.8, 4) is 0 Å². The molecule has 4 nitrogen and oxygen atoms in total. The van der Waals surface area contributed by atoms with Crippen molar-refractivity contribution < 1.29 is 18.7 Å². The summed E-state index contributed by atoms with van der Waals surface area (Å²) in [7, 11) is 0. The maximum absolute atomic E-state index is 13.1. The molecule has 0 bridgehead atoms. The zero-order valence-electron chi connectivity index (χ0n) is 10.4. The molecule has 0 aliphatic carbocycles. The first-order chi connectivity index (χ1) is 9.02. The number of nitrogens with zero attached hydrogens (tertiary/aromatic N) is 1. The van der Waals surface area contributed by atoms with Crippen molar-refractivity contribution in [1.29, 1.82) is 0 Å². The molecule has 104 valence electrons. The largest absolute Gasteiger partial charge is 0.465 e. The second-order valence-corrected chi connectivity index (χ2v) is 4.78. The van der Waals surface area contributed by atoms with Crippen LogP contribution in [-0.2, 0) is 6.54 Å². The van der Waals surface area contributed by atoms with Crippen LogP contribution in [0.5, 0.6) is 0 Å². The molecule has 2 N–H and O–H groups in total. The number of hydrogen-bond acceptors (Lipinski definition) is 2. The van der Waals surface area contributed by atoms with Crippen LogP contribution in [-0.4, -0.2) is 35.2 Å². The van der Waals surface area contributed by atoms with Gasteiger partial charge in [0.2, 0.25) is 0 Å². The van der Waals surface area contributed by atoms with Gasteiger partial charge in [-0.3, -0.25) is 4.90 Å². The Bertz CT molecular complexity index is 440. The van der Waals surface area contributed by atoms with Crippen LogP contribution in [0, 0.1) is 11.6 Å². The smallest absolute Gasteiger partial charge is 0.404 e. The Hall–Kier alpha value is -1.69. The number of carboxylic acid groups (broad SMARTS) is 1. The zero-order valence-corrected chi connectivity index (χ0v) is 10.4. The molecule has 6 heteroatoms. The average molecular weight is 270 g/mol. The summed E-state index contributed by atoms with van der Waals surface area (Å²) in [6.45, 7) is 1.90. The van der Waals surface area contributed by atoms with E-state index in [1.165, 1.54) is 12.1 Å². The van der Waals surface area contributed by atoms with Crippen molar-refractivity contribution in [3.63, 3.8) is 0 Å². The molecular weight excluding hydrogens is 254 g/mol. The maximum atomic E-state index is 13.1. The summed E-state index contributed by atoms with van der Waals surface area (Å²) in [6, 6.07) is 3.47. The van der Waals surface area contributed by atoms with Crippen LogP contribution in [0.3, 0.4) is 0 Å². The van der Waals surface area contributed by atoms with E-state index in [0.29, 0.717) is 38.0 Å². The number of amides is 1. The number of carbonyl (C=O) groups is 1. The number of piperidine rings is 1.